The fourth-order valence-corrected chi connectivity index (χ4v) is 2.13. The predicted molar refractivity (Wildman–Crippen MR) is 73.0 cm³/mol. The van der Waals surface area contributed by atoms with Gasteiger partial charge in [0.15, 0.2) is 0 Å². The smallest absolute Gasteiger partial charge is 0.409 e. The number of aromatic nitrogens is 1. The van der Waals surface area contributed by atoms with Crippen molar-refractivity contribution < 1.29 is 13.2 Å². The summed E-state index contributed by atoms with van der Waals surface area (Å²) in [5, 5.41) is -0.0514. The summed E-state index contributed by atoms with van der Waals surface area (Å²) < 4.78 is 32.5. The lowest BCUT2D eigenvalue weighted by atomic mass is 10.2. The summed E-state index contributed by atoms with van der Waals surface area (Å²) in [6, 6.07) is 6.58. The van der Waals surface area contributed by atoms with Gasteiger partial charge in [0, 0.05) is 5.02 Å². The quantitative estimate of drug-likeness (QED) is 0.694. The number of hydrogen-bond donors (Lipinski definition) is 0. The van der Waals surface area contributed by atoms with Crippen LogP contribution in [0.3, 0.4) is 0 Å². The monoisotopic (exact) mass is 309 g/mol. The molecule has 0 aliphatic rings. The molecule has 21 heavy (non-hydrogen) atoms. The van der Waals surface area contributed by atoms with Gasteiger partial charge in [-0.15, -0.1) is 0 Å². The van der Waals surface area contributed by atoms with Crippen molar-refractivity contribution >= 4 is 22.6 Å². The predicted octanol–water partition coefficient (Wildman–Crippen LogP) is 2.88. The first kappa shape index (κ1) is 13.5. The Morgan fingerprint density at radius 3 is 2.52 bits per heavy atom. The van der Waals surface area contributed by atoms with Crippen LogP contribution in [-0.4, -0.2) is 4.57 Å². The molecule has 1 heterocycles. The topological polar surface area (TPSA) is 52.2 Å². The summed E-state index contributed by atoms with van der Waals surface area (Å²) >= 11 is 5.62. The van der Waals surface area contributed by atoms with E-state index in [1.165, 1.54) is 12.1 Å². The normalized spacial score (nSPS) is 11.0. The van der Waals surface area contributed by atoms with Gasteiger partial charge in [-0.2, -0.15) is 0 Å². The molecular formula is C14H6ClF2NO3. The number of rotatable bonds is 1. The molecule has 0 saturated carbocycles. The Kier molecular flexibility index (Phi) is 3.10. The maximum Gasteiger partial charge on any atom is 0.427 e. The minimum atomic E-state index is -1.07. The molecule has 1 aromatic heterocycles. The summed E-state index contributed by atoms with van der Waals surface area (Å²) in [6.45, 7) is 0. The Hall–Kier alpha value is -2.47. The summed E-state index contributed by atoms with van der Waals surface area (Å²) in [5.41, 5.74) is -1.26. The molecule has 0 bridgehead atoms. The van der Waals surface area contributed by atoms with Crippen molar-refractivity contribution in [2.45, 2.75) is 0 Å². The molecule has 2 aromatic carbocycles. The molecule has 0 fully saturated rings. The van der Waals surface area contributed by atoms with Crippen LogP contribution in [0.2, 0.25) is 5.02 Å². The molecule has 0 aliphatic carbocycles. The van der Waals surface area contributed by atoms with Gasteiger partial charge in [0.2, 0.25) is 0 Å². The van der Waals surface area contributed by atoms with Crippen LogP contribution >= 0.6 is 11.6 Å². The van der Waals surface area contributed by atoms with Gasteiger partial charge >= 0.3 is 5.76 Å². The highest BCUT2D eigenvalue weighted by Gasteiger charge is 2.15. The van der Waals surface area contributed by atoms with Crippen molar-refractivity contribution in [3.05, 3.63) is 74.0 Å². The highest BCUT2D eigenvalue weighted by atomic mass is 35.5. The SMILES string of the molecule is O=c1oc2ccc(F)cc2c(=O)n1-c1ccc(Cl)cc1F. The molecule has 3 rings (SSSR count). The first-order chi connectivity index (χ1) is 9.97. The second-order valence-electron chi connectivity index (χ2n) is 4.24. The third kappa shape index (κ3) is 2.23. The molecule has 0 amide bonds. The van der Waals surface area contributed by atoms with Crippen molar-refractivity contribution in [3.8, 4) is 5.69 Å². The van der Waals surface area contributed by atoms with Crippen molar-refractivity contribution in [1.82, 2.24) is 4.57 Å². The van der Waals surface area contributed by atoms with Gasteiger partial charge in [-0.3, -0.25) is 4.79 Å². The van der Waals surface area contributed by atoms with Crippen molar-refractivity contribution in [3.63, 3.8) is 0 Å². The van der Waals surface area contributed by atoms with Crippen molar-refractivity contribution in [2.24, 2.45) is 0 Å². The summed E-state index contributed by atoms with van der Waals surface area (Å²) in [7, 11) is 0. The largest absolute Gasteiger partial charge is 0.427 e. The van der Waals surface area contributed by atoms with Gasteiger partial charge in [-0.25, -0.2) is 18.1 Å². The molecule has 4 nitrogen and oxygen atoms in total. The summed E-state index contributed by atoms with van der Waals surface area (Å²) in [5.74, 6) is -2.61. The highest BCUT2D eigenvalue weighted by Crippen LogP contribution is 2.17. The van der Waals surface area contributed by atoms with E-state index >= 15 is 0 Å². The van der Waals surface area contributed by atoms with Crippen LogP contribution in [-0.2, 0) is 0 Å². The van der Waals surface area contributed by atoms with E-state index in [0.717, 1.165) is 24.3 Å². The Morgan fingerprint density at radius 1 is 1.05 bits per heavy atom. The van der Waals surface area contributed by atoms with E-state index in [0.29, 0.717) is 4.57 Å². The van der Waals surface area contributed by atoms with Gasteiger partial charge < -0.3 is 4.42 Å². The zero-order valence-corrected chi connectivity index (χ0v) is 11.0. The first-order valence-electron chi connectivity index (χ1n) is 5.78. The molecular weight excluding hydrogens is 304 g/mol. The molecule has 106 valence electrons. The lowest BCUT2D eigenvalue weighted by molar-refractivity contribution is 0.495. The van der Waals surface area contributed by atoms with Gasteiger partial charge in [-0.1, -0.05) is 11.6 Å². The summed E-state index contributed by atoms with van der Waals surface area (Å²) in [6.07, 6.45) is 0. The van der Waals surface area contributed by atoms with Gasteiger partial charge in [-0.05, 0) is 36.4 Å². The van der Waals surface area contributed by atoms with Crippen LogP contribution in [0.25, 0.3) is 16.7 Å². The van der Waals surface area contributed by atoms with Gasteiger partial charge in [0.1, 0.15) is 17.2 Å². The molecule has 0 atom stereocenters. The van der Waals surface area contributed by atoms with Crippen LogP contribution in [0.15, 0.2) is 50.4 Å². The molecule has 3 aromatic rings. The van der Waals surface area contributed by atoms with E-state index in [9.17, 15) is 18.4 Å². The lowest BCUT2D eigenvalue weighted by Crippen LogP contribution is -2.31. The number of nitrogens with zero attached hydrogens (tertiary/aromatic N) is 1. The number of halogens is 3. The van der Waals surface area contributed by atoms with E-state index < -0.39 is 22.9 Å². The van der Waals surface area contributed by atoms with Crippen molar-refractivity contribution in [2.75, 3.05) is 0 Å². The highest BCUT2D eigenvalue weighted by molar-refractivity contribution is 6.30. The molecule has 0 N–H and O–H groups in total. The second-order valence-corrected chi connectivity index (χ2v) is 4.68. The first-order valence-corrected chi connectivity index (χ1v) is 6.16. The molecule has 0 saturated heterocycles. The molecule has 0 unspecified atom stereocenters. The fraction of sp³-hybridized carbons (Fsp3) is 0. The molecule has 0 aliphatic heterocycles. The average molecular weight is 310 g/mol. The minimum Gasteiger partial charge on any atom is -0.409 e. The molecule has 0 radical (unpaired) electrons. The van der Waals surface area contributed by atoms with Crippen LogP contribution < -0.4 is 11.3 Å². The van der Waals surface area contributed by atoms with Gasteiger partial charge in [0.25, 0.3) is 5.56 Å². The van der Waals surface area contributed by atoms with Crippen LogP contribution in [0, 0.1) is 11.6 Å². The maximum absolute atomic E-state index is 13.9. The number of benzene rings is 2. The molecule has 0 spiro atoms. The Morgan fingerprint density at radius 2 is 1.81 bits per heavy atom. The van der Waals surface area contributed by atoms with Crippen molar-refractivity contribution in [1.29, 1.82) is 0 Å². The third-order valence-electron chi connectivity index (χ3n) is 2.91. The van der Waals surface area contributed by atoms with E-state index in [1.807, 2.05) is 0 Å². The van der Waals surface area contributed by atoms with Crippen LogP contribution in [0.5, 0.6) is 0 Å². The fourth-order valence-electron chi connectivity index (χ4n) is 1.97. The Labute approximate surface area is 120 Å². The standard InChI is InChI=1S/C14H6ClF2NO3/c15-7-1-3-11(10(17)5-7)18-13(19)9-6-8(16)2-4-12(9)21-14(18)20/h1-6H. The number of fused-ring (bicyclic) bond motifs is 1. The van der Waals surface area contributed by atoms with E-state index in [4.69, 9.17) is 16.0 Å². The van der Waals surface area contributed by atoms with Gasteiger partial charge in [0.05, 0.1) is 11.1 Å². The zero-order valence-electron chi connectivity index (χ0n) is 10.3. The Balaban J connectivity index is 2.43. The average Bonchev–Trinajstić information content (AvgIpc) is 2.42. The minimum absolute atomic E-state index is 0.0722. The van der Waals surface area contributed by atoms with E-state index in [2.05, 4.69) is 0 Å². The number of hydrogen-bond acceptors (Lipinski definition) is 3. The molecule has 7 heteroatoms. The maximum atomic E-state index is 13.9. The van der Waals surface area contributed by atoms with Crippen LogP contribution in [0.4, 0.5) is 8.78 Å². The van der Waals surface area contributed by atoms with Crippen LogP contribution in [0.1, 0.15) is 0 Å². The van der Waals surface area contributed by atoms with E-state index in [-0.39, 0.29) is 21.7 Å². The Bertz CT molecular complexity index is 978. The zero-order chi connectivity index (χ0) is 15.1. The lowest BCUT2D eigenvalue weighted by Gasteiger charge is -2.06. The van der Waals surface area contributed by atoms with E-state index in [1.54, 1.807) is 0 Å². The second kappa shape index (κ2) is 4.82. The third-order valence-corrected chi connectivity index (χ3v) is 3.14. The summed E-state index contributed by atoms with van der Waals surface area (Å²) in [4.78, 5) is 24.2.